The first-order chi connectivity index (χ1) is 11.5. The molecule has 0 spiro atoms. The standard InChI is InChI=1S/C21H33NOS/c1-17-15-19(24-20(17)13-14-21(2,22)16-23)12-8-4-7-11-18-9-5-3-6-10-18/h15,18,23H,3-7,9-11,13-14,16,22H2,1-2H3. The van der Waals surface area contributed by atoms with Gasteiger partial charge in [-0.25, -0.2) is 0 Å². The molecule has 1 aromatic rings. The predicted octanol–water partition coefficient (Wildman–Crippen LogP) is 4.80. The average molecular weight is 348 g/mol. The molecule has 2 nitrogen and oxygen atoms in total. The van der Waals surface area contributed by atoms with Crippen LogP contribution >= 0.6 is 11.3 Å². The Hall–Kier alpha value is -0.820. The van der Waals surface area contributed by atoms with Gasteiger partial charge in [-0.05, 0) is 57.1 Å². The number of unbranched alkanes of at least 4 members (excludes halogenated alkanes) is 1. The highest BCUT2D eigenvalue weighted by Crippen LogP contribution is 2.28. The van der Waals surface area contributed by atoms with Crippen molar-refractivity contribution in [1.82, 2.24) is 0 Å². The smallest absolute Gasteiger partial charge is 0.0774 e. The minimum absolute atomic E-state index is 0.0328. The van der Waals surface area contributed by atoms with Gasteiger partial charge in [-0.3, -0.25) is 0 Å². The van der Waals surface area contributed by atoms with Crippen LogP contribution < -0.4 is 5.73 Å². The maximum Gasteiger partial charge on any atom is 0.0774 e. The monoisotopic (exact) mass is 347 g/mol. The molecule has 1 fully saturated rings. The number of aryl methyl sites for hydroxylation is 2. The summed E-state index contributed by atoms with van der Waals surface area (Å²) in [5.41, 5.74) is 6.84. The molecule has 1 aliphatic rings. The van der Waals surface area contributed by atoms with Crippen LogP contribution in [0.25, 0.3) is 0 Å². The summed E-state index contributed by atoms with van der Waals surface area (Å²) < 4.78 is 0. The molecule has 0 aliphatic heterocycles. The third-order valence-electron chi connectivity index (χ3n) is 5.16. The second kappa shape index (κ2) is 9.61. The summed E-state index contributed by atoms with van der Waals surface area (Å²) in [7, 11) is 0. The van der Waals surface area contributed by atoms with Crippen molar-refractivity contribution < 1.29 is 5.11 Å². The molecule has 1 unspecified atom stereocenters. The normalized spacial score (nSPS) is 18.0. The summed E-state index contributed by atoms with van der Waals surface area (Å²) in [6, 6.07) is 2.20. The Kier molecular flexibility index (Phi) is 7.81. The lowest BCUT2D eigenvalue weighted by Crippen LogP contribution is -2.40. The first-order valence-corrected chi connectivity index (χ1v) is 10.3. The lowest BCUT2D eigenvalue weighted by atomic mass is 9.86. The van der Waals surface area contributed by atoms with Crippen molar-refractivity contribution in [2.75, 3.05) is 6.61 Å². The van der Waals surface area contributed by atoms with E-state index >= 15 is 0 Å². The quantitative estimate of drug-likeness (QED) is 0.550. The topological polar surface area (TPSA) is 46.2 Å². The number of rotatable bonds is 7. The lowest BCUT2D eigenvalue weighted by molar-refractivity contribution is 0.201. The SMILES string of the molecule is Cc1cc(C#CCCCC2CCCCC2)sc1CCC(C)(N)CO. The van der Waals surface area contributed by atoms with Gasteiger partial charge in [0.2, 0.25) is 0 Å². The highest BCUT2D eigenvalue weighted by molar-refractivity contribution is 7.12. The molecule has 2 rings (SSSR count). The Labute approximate surface area is 151 Å². The van der Waals surface area contributed by atoms with Gasteiger partial charge in [0, 0.05) is 16.8 Å². The van der Waals surface area contributed by atoms with Crippen molar-refractivity contribution in [1.29, 1.82) is 0 Å². The van der Waals surface area contributed by atoms with Crippen molar-refractivity contribution in [3.05, 3.63) is 21.4 Å². The Bertz CT molecular complexity index is 558. The summed E-state index contributed by atoms with van der Waals surface area (Å²) in [5.74, 6) is 7.67. The predicted molar refractivity (Wildman–Crippen MR) is 104 cm³/mol. The van der Waals surface area contributed by atoms with Crippen LogP contribution in [0.2, 0.25) is 0 Å². The third-order valence-corrected chi connectivity index (χ3v) is 6.37. The van der Waals surface area contributed by atoms with E-state index in [0.29, 0.717) is 0 Å². The van der Waals surface area contributed by atoms with E-state index in [4.69, 9.17) is 5.73 Å². The van der Waals surface area contributed by atoms with Crippen molar-refractivity contribution in [3.63, 3.8) is 0 Å². The summed E-state index contributed by atoms with van der Waals surface area (Å²) >= 11 is 1.79. The average Bonchev–Trinajstić information content (AvgIpc) is 2.94. The van der Waals surface area contributed by atoms with Crippen molar-refractivity contribution in [2.24, 2.45) is 11.7 Å². The first kappa shape index (κ1) is 19.5. The molecule has 134 valence electrons. The molecule has 1 saturated carbocycles. The summed E-state index contributed by atoms with van der Waals surface area (Å²) in [6.45, 7) is 4.08. The maximum atomic E-state index is 9.26. The maximum absolute atomic E-state index is 9.26. The third kappa shape index (κ3) is 6.59. The number of hydrogen-bond acceptors (Lipinski definition) is 3. The van der Waals surface area contributed by atoms with E-state index in [1.165, 1.54) is 60.3 Å². The molecule has 0 radical (unpaired) electrons. The summed E-state index contributed by atoms with van der Waals surface area (Å²) in [4.78, 5) is 2.52. The largest absolute Gasteiger partial charge is 0.394 e. The fraction of sp³-hybridized carbons (Fsp3) is 0.714. The van der Waals surface area contributed by atoms with Gasteiger partial charge in [-0.15, -0.1) is 11.3 Å². The number of nitrogens with two attached hydrogens (primary N) is 1. The number of aliphatic hydroxyl groups excluding tert-OH is 1. The molecule has 1 heterocycles. The molecular formula is C21H33NOS. The van der Waals surface area contributed by atoms with Crippen molar-refractivity contribution in [3.8, 4) is 11.8 Å². The number of hydrogen-bond donors (Lipinski definition) is 2. The minimum atomic E-state index is -0.485. The van der Waals surface area contributed by atoms with Gasteiger partial charge in [0.15, 0.2) is 0 Å². The van der Waals surface area contributed by atoms with E-state index in [1.54, 1.807) is 11.3 Å². The van der Waals surface area contributed by atoms with E-state index in [-0.39, 0.29) is 6.61 Å². The van der Waals surface area contributed by atoms with Gasteiger partial charge in [-0.2, -0.15) is 0 Å². The summed E-state index contributed by atoms with van der Waals surface area (Å²) in [6.07, 6.45) is 12.6. The van der Waals surface area contributed by atoms with E-state index in [2.05, 4.69) is 24.8 Å². The van der Waals surface area contributed by atoms with Gasteiger partial charge in [-0.1, -0.05) is 43.9 Å². The van der Waals surface area contributed by atoms with Crippen LogP contribution in [-0.4, -0.2) is 17.3 Å². The Balaban J connectivity index is 1.76. The van der Waals surface area contributed by atoms with E-state index in [0.717, 1.165) is 25.2 Å². The Morgan fingerprint density at radius 2 is 2.08 bits per heavy atom. The van der Waals surface area contributed by atoms with Crippen molar-refractivity contribution >= 4 is 11.3 Å². The molecule has 0 aromatic carbocycles. The van der Waals surface area contributed by atoms with Crippen LogP contribution in [0, 0.1) is 24.7 Å². The second-order valence-corrected chi connectivity index (χ2v) is 8.86. The van der Waals surface area contributed by atoms with Crippen molar-refractivity contribution in [2.45, 2.75) is 83.6 Å². The molecule has 3 N–H and O–H groups in total. The van der Waals surface area contributed by atoms with Gasteiger partial charge < -0.3 is 10.8 Å². The zero-order valence-electron chi connectivity index (χ0n) is 15.4. The molecule has 24 heavy (non-hydrogen) atoms. The zero-order valence-corrected chi connectivity index (χ0v) is 16.2. The van der Waals surface area contributed by atoms with Gasteiger partial charge in [0.25, 0.3) is 0 Å². The Morgan fingerprint density at radius 1 is 1.33 bits per heavy atom. The first-order valence-electron chi connectivity index (χ1n) is 9.48. The molecule has 0 amide bonds. The van der Waals surface area contributed by atoms with Gasteiger partial charge in [0.05, 0.1) is 11.5 Å². The minimum Gasteiger partial charge on any atom is -0.394 e. The van der Waals surface area contributed by atoms with E-state index < -0.39 is 5.54 Å². The highest BCUT2D eigenvalue weighted by atomic mass is 32.1. The molecule has 1 atom stereocenters. The fourth-order valence-electron chi connectivity index (χ4n) is 3.41. The van der Waals surface area contributed by atoms with Gasteiger partial charge in [0.1, 0.15) is 0 Å². The van der Waals surface area contributed by atoms with Crippen LogP contribution in [-0.2, 0) is 6.42 Å². The molecule has 1 aromatic heterocycles. The second-order valence-electron chi connectivity index (χ2n) is 7.73. The zero-order chi connectivity index (χ0) is 17.4. The van der Waals surface area contributed by atoms with Gasteiger partial charge >= 0.3 is 0 Å². The van der Waals surface area contributed by atoms with Crippen LogP contribution in [0.5, 0.6) is 0 Å². The van der Waals surface area contributed by atoms with E-state index in [9.17, 15) is 5.11 Å². The van der Waals surface area contributed by atoms with Crippen LogP contribution in [0.4, 0.5) is 0 Å². The van der Waals surface area contributed by atoms with Crippen LogP contribution in [0.15, 0.2) is 6.07 Å². The van der Waals surface area contributed by atoms with Crippen LogP contribution in [0.1, 0.15) is 80.0 Å². The molecule has 0 bridgehead atoms. The summed E-state index contributed by atoms with van der Waals surface area (Å²) in [5, 5.41) is 9.26. The fourth-order valence-corrected chi connectivity index (χ4v) is 4.46. The highest BCUT2D eigenvalue weighted by Gasteiger charge is 2.18. The molecular weight excluding hydrogens is 314 g/mol. The van der Waals surface area contributed by atoms with E-state index in [1.807, 2.05) is 6.92 Å². The number of aliphatic hydroxyl groups is 1. The molecule has 0 saturated heterocycles. The number of thiophene rings is 1. The Morgan fingerprint density at radius 3 is 2.79 bits per heavy atom. The molecule has 1 aliphatic carbocycles. The van der Waals surface area contributed by atoms with Crippen LogP contribution in [0.3, 0.4) is 0 Å². The lowest BCUT2D eigenvalue weighted by Gasteiger charge is -2.21. The molecule has 3 heteroatoms.